The molecule has 0 spiro atoms. The highest BCUT2D eigenvalue weighted by Gasteiger charge is 2.33. The van der Waals surface area contributed by atoms with E-state index >= 15 is 0 Å². The van der Waals surface area contributed by atoms with Crippen LogP contribution in [0.2, 0.25) is 0 Å². The highest BCUT2D eigenvalue weighted by Crippen LogP contribution is 2.18. The average molecular weight is 187 g/mol. The second kappa shape index (κ2) is 4.04. The summed E-state index contributed by atoms with van der Waals surface area (Å²) in [6.45, 7) is 2.92. The van der Waals surface area contributed by atoms with Gasteiger partial charge >= 0.3 is 0 Å². The largest absolute Gasteiger partial charge is 0.396 e. The number of nitrogens with two attached hydrogens (primary N) is 1. The molecule has 13 heavy (non-hydrogen) atoms. The Morgan fingerprint density at radius 3 is 2.69 bits per heavy atom. The number of likely N-dealkylation sites (tertiary alicyclic amines) is 1. The van der Waals surface area contributed by atoms with E-state index in [0.29, 0.717) is 13.1 Å². The molecule has 0 aromatic carbocycles. The molecule has 1 saturated heterocycles. The summed E-state index contributed by atoms with van der Waals surface area (Å²) in [7, 11) is 0. The molecule has 76 valence electrons. The van der Waals surface area contributed by atoms with Crippen LogP contribution in [0.5, 0.6) is 0 Å². The van der Waals surface area contributed by atoms with Crippen molar-refractivity contribution in [3.05, 3.63) is 0 Å². The number of aliphatic hydroxyl groups is 2. The molecule has 1 fully saturated rings. The van der Waals surface area contributed by atoms with E-state index < -0.39 is 6.10 Å². The van der Waals surface area contributed by atoms with Crippen LogP contribution in [-0.2, 0) is 0 Å². The SMILES string of the molecule is CC(C(=N)N)N1CC(O)C(CO)C1. The first-order chi connectivity index (χ1) is 6.06. The number of rotatable bonds is 3. The maximum atomic E-state index is 9.48. The van der Waals surface area contributed by atoms with Crippen molar-refractivity contribution in [3.63, 3.8) is 0 Å². The van der Waals surface area contributed by atoms with Crippen LogP contribution in [0.1, 0.15) is 6.92 Å². The summed E-state index contributed by atoms with van der Waals surface area (Å²) in [5, 5.41) is 25.6. The van der Waals surface area contributed by atoms with Gasteiger partial charge in [-0.15, -0.1) is 0 Å². The molecule has 3 unspecified atom stereocenters. The molecule has 3 atom stereocenters. The van der Waals surface area contributed by atoms with Gasteiger partial charge < -0.3 is 15.9 Å². The highest BCUT2D eigenvalue weighted by atomic mass is 16.3. The minimum absolute atomic E-state index is 0.0116. The van der Waals surface area contributed by atoms with Crippen molar-refractivity contribution in [2.45, 2.75) is 19.1 Å². The van der Waals surface area contributed by atoms with Gasteiger partial charge in [0.2, 0.25) is 0 Å². The molecule has 0 aromatic rings. The number of hydrogen-bond donors (Lipinski definition) is 4. The molecule has 0 aliphatic carbocycles. The monoisotopic (exact) mass is 187 g/mol. The fraction of sp³-hybridized carbons (Fsp3) is 0.875. The number of β-amino-alcohol motifs (C(OH)–C–C–N with tert-alkyl or cyclic N) is 1. The fourth-order valence-electron chi connectivity index (χ4n) is 1.58. The van der Waals surface area contributed by atoms with Crippen molar-refractivity contribution in [3.8, 4) is 0 Å². The van der Waals surface area contributed by atoms with Crippen LogP contribution >= 0.6 is 0 Å². The lowest BCUT2D eigenvalue weighted by molar-refractivity contribution is 0.103. The molecular formula is C8H17N3O2. The topological polar surface area (TPSA) is 93.6 Å². The Bertz CT molecular complexity index is 198. The zero-order chi connectivity index (χ0) is 10.0. The van der Waals surface area contributed by atoms with Crippen LogP contribution in [0.25, 0.3) is 0 Å². The summed E-state index contributed by atoms with van der Waals surface area (Å²) in [4.78, 5) is 1.91. The van der Waals surface area contributed by atoms with E-state index in [1.165, 1.54) is 0 Å². The Kier molecular flexibility index (Phi) is 3.24. The van der Waals surface area contributed by atoms with Crippen molar-refractivity contribution in [2.75, 3.05) is 19.7 Å². The number of aliphatic hydroxyl groups excluding tert-OH is 2. The van der Waals surface area contributed by atoms with Gasteiger partial charge in [-0.25, -0.2) is 0 Å². The minimum atomic E-state index is -0.494. The lowest BCUT2D eigenvalue weighted by atomic mass is 10.1. The number of nitrogens with zero attached hydrogens (tertiary/aromatic N) is 1. The molecule has 1 aliphatic heterocycles. The first kappa shape index (κ1) is 10.4. The Morgan fingerprint density at radius 2 is 2.31 bits per heavy atom. The molecule has 5 heteroatoms. The summed E-state index contributed by atoms with van der Waals surface area (Å²) in [6, 6.07) is -0.147. The van der Waals surface area contributed by atoms with Crippen molar-refractivity contribution in [2.24, 2.45) is 11.7 Å². The molecule has 0 aromatic heterocycles. The Labute approximate surface area is 77.7 Å². The highest BCUT2D eigenvalue weighted by molar-refractivity contribution is 5.82. The Morgan fingerprint density at radius 1 is 1.69 bits per heavy atom. The molecule has 1 rings (SSSR count). The molecule has 0 saturated carbocycles. The Hall–Kier alpha value is -0.650. The number of amidine groups is 1. The van der Waals surface area contributed by atoms with Crippen molar-refractivity contribution in [1.29, 1.82) is 5.41 Å². The Balaban J connectivity index is 2.52. The maximum Gasteiger partial charge on any atom is 0.108 e. The summed E-state index contributed by atoms with van der Waals surface area (Å²) in [5.74, 6) is 0.00703. The van der Waals surface area contributed by atoms with Gasteiger partial charge in [0.05, 0.1) is 12.1 Å². The maximum absolute atomic E-state index is 9.48. The van der Waals surface area contributed by atoms with Crippen molar-refractivity contribution < 1.29 is 10.2 Å². The molecule has 0 amide bonds. The summed E-state index contributed by atoms with van der Waals surface area (Å²) >= 11 is 0. The summed E-state index contributed by atoms with van der Waals surface area (Å²) < 4.78 is 0. The van der Waals surface area contributed by atoms with Crippen LogP contribution in [-0.4, -0.2) is 52.8 Å². The molecule has 0 radical (unpaired) electrons. The van der Waals surface area contributed by atoms with Crippen LogP contribution in [0.15, 0.2) is 0 Å². The van der Waals surface area contributed by atoms with Gasteiger partial charge in [-0.05, 0) is 6.92 Å². The first-order valence-corrected chi connectivity index (χ1v) is 4.43. The molecule has 5 nitrogen and oxygen atoms in total. The number of hydrogen-bond acceptors (Lipinski definition) is 4. The minimum Gasteiger partial charge on any atom is -0.396 e. The van der Waals surface area contributed by atoms with Gasteiger partial charge in [0.1, 0.15) is 5.84 Å². The average Bonchev–Trinajstić information content (AvgIpc) is 2.45. The molecule has 5 N–H and O–H groups in total. The fourth-order valence-corrected chi connectivity index (χ4v) is 1.58. The van der Waals surface area contributed by atoms with Gasteiger partial charge in [0.25, 0.3) is 0 Å². The smallest absolute Gasteiger partial charge is 0.108 e. The van der Waals surface area contributed by atoms with Gasteiger partial charge in [0, 0.05) is 25.6 Å². The van der Waals surface area contributed by atoms with Crippen LogP contribution in [0.3, 0.4) is 0 Å². The second-order valence-electron chi connectivity index (χ2n) is 3.60. The van der Waals surface area contributed by atoms with Gasteiger partial charge in [-0.1, -0.05) is 0 Å². The van der Waals surface area contributed by atoms with Gasteiger partial charge in [0.15, 0.2) is 0 Å². The van der Waals surface area contributed by atoms with Crippen molar-refractivity contribution in [1.82, 2.24) is 4.90 Å². The molecule has 1 heterocycles. The molecule has 0 bridgehead atoms. The second-order valence-corrected chi connectivity index (χ2v) is 3.60. The third kappa shape index (κ3) is 2.18. The van der Waals surface area contributed by atoms with E-state index in [9.17, 15) is 5.11 Å². The van der Waals surface area contributed by atoms with Crippen LogP contribution < -0.4 is 5.73 Å². The summed E-state index contributed by atoms with van der Waals surface area (Å²) in [6.07, 6.45) is -0.494. The zero-order valence-corrected chi connectivity index (χ0v) is 7.77. The molecule has 1 aliphatic rings. The summed E-state index contributed by atoms with van der Waals surface area (Å²) in [5.41, 5.74) is 5.35. The first-order valence-electron chi connectivity index (χ1n) is 4.43. The van der Waals surface area contributed by atoms with E-state index in [4.69, 9.17) is 16.2 Å². The van der Waals surface area contributed by atoms with E-state index in [-0.39, 0.29) is 24.4 Å². The predicted octanol–water partition coefficient (Wildman–Crippen LogP) is -1.40. The van der Waals surface area contributed by atoms with E-state index in [1.807, 2.05) is 11.8 Å². The quantitative estimate of drug-likeness (QED) is 0.323. The zero-order valence-electron chi connectivity index (χ0n) is 7.77. The lowest BCUT2D eigenvalue weighted by Crippen LogP contribution is -2.41. The standard InChI is InChI=1S/C8H17N3O2/c1-5(8(9)10)11-2-6(4-12)7(13)3-11/h5-7,12-13H,2-4H2,1H3,(H3,9,10). The van der Waals surface area contributed by atoms with Gasteiger partial charge in [-0.2, -0.15) is 0 Å². The third-order valence-corrected chi connectivity index (χ3v) is 2.67. The number of nitrogens with one attached hydrogen (secondary N) is 1. The molecular weight excluding hydrogens is 170 g/mol. The van der Waals surface area contributed by atoms with Crippen molar-refractivity contribution >= 4 is 5.84 Å². The van der Waals surface area contributed by atoms with E-state index in [0.717, 1.165) is 0 Å². The normalized spacial score (nSPS) is 31.9. The predicted molar refractivity (Wildman–Crippen MR) is 49.5 cm³/mol. The van der Waals surface area contributed by atoms with Gasteiger partial charge in [-0.3, -0.25) is 10.3 Å². The van der Waals surface area contributed by atoms with E-state index in [2.05, 4.69) is 0 Å². The van der Waals surface area contributed by atoms with Crippen LogP contribution in [0.4, 0.5) is 0 Å². The lowest BCUT2D eigenvalue weighted by Gasteiger charge is -2.22. The van der Waals surface area contributed by atoms with Crippen LogP contribution in [0, 0.1) is 11.3 Å². The van der Waals surface area contributed by atoms with E-state index in [1.54, 1.807) is 0 Å². The third-order valence-electron chi connectivity index (χ3n) is 2.67.